The minimum absolute atomic E-state index is 0.333. The molecule has 0 aliphatic carbocycles. The van der Waals surface area contributed by atoms with Crippen LogP contribution in [0.2, 0.25) is 0 Å². The minimum Gasteiger partial charge on any atom is -0.469 e. The Kier molecular flexibility index (Phi) is 3.14. The lowest BCUT2D eigenvalue weighted by molar-refractivity contribution is -0.141. The number of rotatable bonds is 2. The largest absolute Gasteiger partial charge is 0.469 e. The monoisotopic (exact) mass is 249 g/mol. The first-order valence-electron chi connectivity index (χ1n) is 5.43. The van der Waals surface area contributed by atoms with Crippen LogP contribution in [0, 0.1) is 5.82 Å². The number of carbonyl (C=O) groups excluding carboxylic acids is 1. The van der Waals surface area contributed by atoms with Crippen molar-refractivity contribution >= 4 is 16.9 Å². The summed E-state index contributed by atoms with van der Waals surface area (Å²) in [4.78, 5) is 25.6. The summed E-state index contributed by atoms with van der Waals surface area (Å²) in [5, 5.41) is 0.507. The van der Waals surface area contributed by atoms with Gasteiger partial charge in [-0.1, -0.05) is 0 Å². The van der Waals surface area contributed by atoms with Crippen molar-refractivity contribution in [1.29, 1.82) is 0 Å². The molecule has 2 aromatic rings. The minimum atomic E-state index is -0.624. The number of esters is 1. The third-order valence-corrected chi connectivity index (χ3v) is 2.86. The van der Waals surface area contributed by atoms with E-state index in [4.69, 9.17) is 0 Å². The number of nitrogens with one attached hydrogen (secondary N) is 1. The van der Waals surface area contributed by atoms with Crippen molar-refractivity contribution in [1.82, 2.24) is 4.98 Å². The first-order valence-corrected chi connectivity index (χ1v) is 5.43. The molecule has 0 aliphatic heterocycles. The van der Waals surface area contributed by atoms with Gasteiger partial charge in [0.05, 0.1) is 13.0 Å². The van der Waals surface area contributed by atoms with Crippen molar-refractivity contribution in [2.24, 2.45) is 0 Å². The van der Waals surface area contributed by atoms with Crippen LogP contribution in [0.15, 0.2) is 29.1 Å². The van der Waals surface area contributed by atoms with Gasteiger partial charge in [0.15, 0.2) is 0 Å². The number of halogens is 1. The number of ether oxygens (including phenoxy) is 1. The van der Waals surface area contributed by atoms with E-state index in [2.05, 4.69) is 9.72 Å². The van der Waals surface area contributed by atoms with E-state index in [1.807, 2.05) is 0 Å². The first kappa shape index (κ1) is 12.3. The van der Waals surface area contributed by atoms with Crippen LogP contribution < -0.4 is 5.56 Å². The molecular formula is C13H12FNO3. The van der Waals surface area contributed by atoms with E-state index in [9.17, 15) is 14.0 Å². The molecule has 1 atom stereocenters. The molecule has 1 heterocycles. The number of aromatic nitrogens is 1. The normalized spacial score (nSPS) is 12.4. The lowest BCUT2D eigenvalue weighted by Gasteiger charge is -2.12. The van der Waals surface area contributed by atoms with E-state index in [-0.39, 0.29) is 5.56 Å². The number of methoxy groups -OCH3 is 1. The van der Waals surface area contributed by atoms with Crippen LogP contribution in [0.3, 0.4) is 0 Å². The van der Waals surface area contributed by atoms with Crippen molar-refractivity contribution in [2.45, 2.75) is 12.8 Å². The first-order chi connectivity index (χ1) is 8.52. The number of pyridine rings is 1. The van der Waals surface area contributed by atoms with Crippen molar-refractivity contribution in [2.75, 3.05) is 7.11 Å². The average Bonchev–Trinajstić information content (AvgIpc) is 2.36. The van der Waals surface area contributed by atoms with E-state index in [1.54, 1.807) is 6.92 Å². The number of H-pyrrole nitrogens is 1. The Morgan fingerprint density at radius 1 is 1.39 bits per heavy atom. The molecule has 1 aromatic heterocycles. The summed E-state index contributed by atoms with van der Waals surface area (Å²) < 4.78 is 17.9. The average molecular weight is 249 g/mol. The number of hydrogen-bond acceptors (Lipinski definition) is 3. The van der Waals surface area contributed by atoms with Gasteiger partial charge in [-0.15, -0.1) is 0 Å². The topological polar surface area (TPSA) is 59.2 Å². The van der Waals surface area contributed by atoms with Gasteiger partial charge in [-0.2, -0.15) is 0 Å². The molecule has 0 spiro atoms. The number of fused-ring (bicyclic) bond motifs is 1. The van der Waals surface area contributed by atoms with Crippen LogP contribution in [0.4, 0.5) is 4.39 Å². The Morgan fingerprint density at radius 2 is 2.11 bits per heavy atom. The van der Waals surface area contributed by atoms with E-state index in [0.717, 1.165) is 0 Å². The van der Waals surface area contributed by atoms with E-state index < -0.39 is 17.7 Å². The summed E-state index contributed by atoms with van der Waals surface area (Å²) in [5.74, 6) is -1.51. The Labute approximate surface area is 102 Å². The maximum Gasteiger partial charge on any atom is 0.312 e. The fraction of sp³-hybridized carbons (Fsp3) is 0.231. The molecule has 94 valence electrons. The van der Waals surface area contributed by atoms with Gasteiger partial charge >= 0.3 is 5.97 Å². The fourth-order valence-corrected chi connectivity index (χ4v) is 1.91. The molecule has 0 saturated heterocycles. The standard InChI is InChI=1S/C13H12FNO3/c1-7(13(17)18-2)9-6-12(16)15-11-4-3-8(14)5-10(9)11/h3-7H,1-2H3,(H,15,16). The van der Waals surface area contributed by atoms with Gasteiger partial charge in [0.1, 0.15) is 5.82 Å². The highest BCUT2D eigenvalue weighted by molar-refractivity contribution is 5.88. The maximum absolute atomic E-state index is 13.3. The van der Waals surface area contributed by atoms with Gasteiger partial charge in [-0.05, 0) is 30.7 Å². The zero-order valence-corrected chi connectivity index (χ0v) is 9.99. The Morgan fingerprint density at radius 3 is 2.78 bits per heavy atom. The third-order valence-electron chi connectivity index (χ3n) is 2.86. The van der Waals surface area contributed by atoms with Crippen LogP contribution in [0.5, 0.6) is 0 Å². The van der Waals surface area contributed by atoms with Crippen LogP contribution >= 0.6 is 0 Å². The van der Waals surface area contributed by atoms with Crippen LogP contribution in [-0.4, -0.2) is 18.1 Å². The van der Waals surface area contributed by atoms with Gasteiger partial charge < -0.3 is 9.72 Å². The summed E-state index contributed by atoms with van der Waals surface area (Å²) >= 11 is 0. The summed E-state index contributed by atoms with van der Waals surface area (Å²) in [7, 11) is 1.27. The highest BCUT2D eigenvalue weighted by Crippen LogP contribution is 2.24. The predicted octanol–water partition coefficient (Wildman–Crippen LogP) is 1.94. The predicted molar refractivity (Wildman–Crippen MR) is 65.0 cm³/mol. The second-order valence-electron chi connectivity index (χ2n) is 4.02. The number of aromatic amines is 1. The highest BCUT2D eigenvalue weighted by Gasteiger charge is 2.19. The van der Waals surface area contributed by atoms with Gasteiger partial charge in [-0.25, -0.2) is 4.39 Å². The second kappa shape index (κ2) is 4.60. The zero-order valence-electron chi connectivity index (χ0n) is 9.99. The van der Waals surface area contributed by atoms with E-state index in [1.165, 1.54) is 31.4 Å². The van der Waals surface area contributed by atoms with Crippen molar-refractivity contribution in [3.63, 3.8) is 0 Å². The number of carbonyl (C=O) groups is 1. The van der Waals surface area contributed by atoms with Crippen LogP contribution in [0.1, 0.15) is 18.4 Å². The van der Waals surface area contributed by atoms with Crippen LogP contribution in [0.25, 0.3) is 10.9 Å². The molecule has 0 saturated carbocycles. The SMILES string of the molecule is COC(=O)C(C)c1cc(=O)[nH]c2ccc(F)cc12. The Hall–Kier alpha value is -2.17. The van der Waals surface area contributed by atoms with Gasteiger partial charge in [0.2, 0.25) is 5.56 Å². The smallest absolute Gasteiger partial charge is 0.312 e. The second-order valence-corrected chi connectivity index (χ2v) is 4.02. The van der Waals surface area contributed by atoms with Gasteiger partial charge in [-0.3, -0.25) is 9.59 Å². The maximum atomic E-state index is 13.3. The fourth-order valence-electron chi connectivity index (χ4n) is 1.91. The molecule has 0 aliphatic rings. The molecule has 5 heteroatoms. The van der Waals surface area contributed by atoms with Crippen molar-refractivity contribution in [3.05, 3.63) is 46.0 Å². The van der Waals surface area contributed by atoms with Crippen LogP contribution in [-0.2, 0) is 9.53 Å². The van der Waals surface area contributed by atoms with Crippen molar-refractivity contribution < 1.29 is 13.9 Å². The molecule has 18 heavy (non-hydrogen) atoms. The molecule has 0 amide bonds. The molecule has 2 rings (SSSR count). The van der Waals surface area contributed by atoms with Gasteiger partial charge in [0, 0.05) is 17.0 Å². The lowest BCUT2D eigenvalue weighted by atomic mass is 9.97. The molecule has 1 N–H and O–H groups in total. The molecule has 0 radical (unpaired) electrons. The van der Waals surface area contributed by atoms with Gasteiger partial charge in [0.25, 0.3) is 0 Å². The molecule has 4 nitrogen and oxygen atoms in total. The lowest BCUT2D eigenvalue weighted by Crippen LogP contribution is -2.15. The van der Waals surface area contributed by atoms with E-state index in [0.29, 0.717) is 16.5 Å². The molecular weight excluding hydrogens is 237 g/mol. The summed E-state index contributed by atoms with van der Waals surface area (Å²) in [6.45, 7) is 1.62. The van der Waals surface area contributed by atoms with E-state index >= 15 is 0 Å². The summed E-state index contributed by atoms with van der Waals surface area (Å²) in [6.07, 6.45) is 0. The quantitative estimate of drug-likeness (QED) is 0.827. The Balaban J connectivity index is 2.72. The number of benzene rings is 1. The molecule has 1 aromatic carbocycles. The molecule has 1 unspecified atom stereocenters. The molecule has 0 bridgehead atoms. The third kappa shape index (κ3) is 2.11. The molecule has 0 fully saturated rings. The highest BCUT2D eigenvalue weighted by atomic mass is 19.1. The summed E-state index contributed by atoms with van der Waals surface area (Å²) in [5.41, 5.74) is 0.620. The number of hydrogen-bond donors (Lipinski definition) is 1. The van der Waals surface area contributed by atoms with Crippen molar-refractivity contribution in [3.8, 4) is 0 Å². The summed E-state index contributed by atoms with van der Waals surface area (Å²) in [6, 6.07) is 5.31. The Bertz CT molecular complexity index is 663. The zero-order chi connectivity index (χ0) is 13.3.